The van der Waals surface area contributed by atoms with E-state index in [2.05, 4.69) is 6.07 Å². The second-order valence-electron chi connectivity index (χ2n) is 7.63. The molecule has 0 spiro atoms. The number of morpholine rings is 1. The van der Waals surface area contributed by atoms with Gasteiger partial charge in [-0.2, -0.15) is 0 Å². The number of fused-ring (bicyclic) bond motifs is 1. The topological polar surface area (TPSA) is 49.9 Å². The van der Waals surface area contributed by atoms with Gasteiger partial charge in [0.2, 0.25) is 11.8 Å². The van der Waals surface area contributed by atoms with Crippen LogP contribution in [0.3, 0.4) is 0 Å². The summed E-state index contributed by atoms with van der Waals surface area (Å²) < 4.78 is 19.0. The number of rotatable bonds is 3. The van der Waals surface area contributed by atoms with Crippen molar-refractivity contribution in [3.8, 4) is 0 Å². The Morgan fingerprint density at radius 3 is 2.62 bits per heavy atom. The molecule has 2 amide bonds. The predicted octanol–water partition coefficient (Wildman–Crippen LogP) is 3.26. The van der Waals surface area contributed by atoms with E-state index in [1.54, 1.807) is 28.9 Å². The predicted molar refractivity (Wildman–Crippen MR) is 107 cm³/mol. The van der Waals surface area contributed by atoms with Gasteiger partial charge in [0.15, 0.2) is 0 Å². The first-order valence-corrected chi connectivity index (χ1v) is 10.0. The van der Waals surface area contributed by atoms with Crippen LogP contribution in [0.4, 0.5) is 4.39 Å². The minimum Gasteiger partial charge on any atom is -0.370 e. The molecule has 4 rings (SSSR count). The fraction of sp³-hybridized carbons (Fsp3) is 0.391. The van der Waals surface area contributed by atoms with Gasteiger partial charge in [0.1, 0.15) is 11.9 Å². The van der Waals surface area contributed by atoms with Gasteiger partial charge in [0, 0.05) is 20.0 Å². The quantitative estimate of drug-likeness (QED) is 0.800. The molecule has 2 aliphatic heterocycles. The zero-order chi connectivity index (χ0) is 20.4. The van der Waals surface area contributed by atoms with Crippen LogP contribution in [0.1, 0.15) is 42.2 Å². The highest BCUT2D eigenvalue weighted by atomic mass is 19.1. The Morgan fingerprint density at radius 1 is 1.10 bits per heavy atom. The largest absolute Gasteiger partial charge is 0.370 e. The zero-order valence-electron chi connectivity index (χ0n) is 16.5. The number of ether oxygens (including phenoxy) is 1. The van der Waals surface area contributed by atoms with E-state index in [9.17, 15) is 14.0 Å². The van der Waals surface area contributed by atoms with Crippen LogP contribution >= 0.6 is 0 Å². The summed E-state index contributed by atoms with van der Waals surface area (Å²) in [5.41, 5.74) is 3.12. The lowest BCUT2D eigenvalue weighted by Crippen LogP contribution is -2.45. The van der Waals surface area contributed by atoms with E-state index in [4.69, 9.17) is 4.74 Å². The Morgan fingerprint density at radius 2 is 1.86 bits per heavy atom. The van der Waals surface area contributed by atoms with Crippen LogP contribution in [0.5, 0.6) is 0 Å². The molecule has 1 fully saturated rings. The van der Waals surface area contributed by atoms with Crippen LogP contribution in [0.2, 0.25) is 0 Å². The standard InChI is InChI=1S/C23H25FN2O3/c1-16(27)26-11-10-17-4-2-3-5-20(17)21(26)14-23(28)25-12-13-29-22(15-25)18-6-8-19(24)9-7-18/h2-9,21-22H,10-15H2,1H3. The van der Waals surface area contributed by atoms with Crippen molar-refractivity contribution in [2.24, 2.45) is 0 Å². The molecule has 5 nitrogen and oxygen atoms in total. The van der Waals surface area contributed by atoms with Crippen molar-refractivity contribution < 1.29 is 18.7 Å². The van der Waals surface area contributed by atoms with Crippen molar-refractivity contribution in [1.29, 1.82) is 0 Å². The molecule has 2 atom stereocenters. The van der Waals surface area contributed by atoms with Crippen LogP contribution in [-0.4, -0.2) is 47.9 Å². The molecule has 2 aliphatic rings. The van der Waals surface area contributed by atoms with E-state index in [1.807, 2.05) is 18.2 Å². The molecule has 2 aromatic carbocycles. The van der Waals surface area contributed by atoms with Gasteiger partial charge in [-0.15, -0.1) is 0 Å². The minimum absolute atomic E-state index is 0.00775. The molecule has 29 heavy (non-hydrogen) atoms. The van der Waals surface area contributed by atoms with Crippen molar-refractivity contribution in [3.05, 3.63) is 71.0 Å². The monoisotopic (exact) mass is 396 g/mol. The molecule has 0 saturated carbocycles. The molecule has 1 saturated heterocycles. The number of hydrogen-bond donors (Lipinski definition) is 0. The van der Waals surface area contributed by atoms with E-state index in [-0.39, 0.29) is 36.2 Å². The molecule has 0 aromatic heterocycles. The molecular formula is C23H25FN2O3. The van der Waals surface area contributed by atoms with Gasteiger partial charge < -0.3 is 14.5 Å². The third-order valence-corrected chi connectivity index (χ3v) is 5.85. The van der Waals surface area contributed by atoms with E-state index in [1.165, 1.54) is 17.7 Å². The summed E-state index contributed by atoms with van der Waals surface area (Å²) >= 11 is 0. The number of nitrogens with zero attached hydrogens (tertiary/aromatic N) is 2. The molecule has 0 aliphatic carbocycles. The van der Waals surface area contributed by atoms with Crippen molar-refractivity contribution in [1.82, 2.24) is 9.80 Å². The number of carbonyl (C=O) groups excluding carboxylic acids is 2. The first kappa shape index (κ1) is 19.6. The first-order chi connectivity index (χ1) is 14.0. The number of benzene rings is 2. The normalized spacial score (nSPS) is 21.6. The molecule has 0 bridgehead atoms. The fourth-order valence-corrected chi connectivity index (χ4v) is 4.30. The summed E-state index contributed by atoms with van der Waals surface area (Å²) in [6, 6.07) is 14.0. The van der Waals surface area contributed by atoms with Crippen LogP contribution in [-0.2, 0) is 20.7 Å². The van der Waals surface area contributed by atoms with Gasteiger partial charge in [-0.25, -0.2) is 4.39 Å². The maximum atomic E-state index is 13.2. The van der Waals surface area contributed by atoms with Crippen molar-refractivity contribution in [3.63, 3.8) is 0 Å². The third kappa shape index (κ3) is 4.17. The average Bonchev–Trinajstić information content (AvgIpc) is 2.74. The fourth-order valence-electron chi connectivity index (χ4n) is 4.30. The summed E-state index contributed by atoms with van der Waals surface area (Å²) in [6.07, 6.45) is 0.799. The van der Waals surface area contributed by atoms with Gasteiger partial charge in [0.25, 0.3) is 0 Å². The molecule has 0 N–H and O–H groups in total. The minimum atomic E-state index is -0.294. The molecule has 2 unspecified atom stereocenters. The zero-order valence-corrected chi connectivity index (χ0v) is 16.5. The smallest absolute Gasteiger partial charge is 0.225 e. The molecule has 6 heteroatoms. The molecule has 2 aromatic rings. The third-order valence-electron chi connectivity index (χ3n) is 5.85. The average molecular weight is 396 g/mol. The Labute approximate surface area is 170 Å². The van der Waals surface area contributed by atoms with Gasteiger partial charge in [-0.3, -0.25) is 9.59 Å². The lowest BCUT2D eigenvalue weighted by Gasteiger charge is -2.39. The molecular weight excluding hydrogens is 371 g/mol. The maximum Gasteiger partial charge on any atom is 0.225 e. The van der Waals surface area contributed by atoms with Crippen molar-refractivity contribution in [2.45, 2.75) is 31.9 Å². The highest BCUT2D eigenvalue weighted by Crippen LogP contribution is 2.33. The van der Waals surface area contributed by atoms with Crippen LogP contribution < -0.4 is 0 Å². The Balaban J connectivity index is 1.50. The Kier molecular flexibility index (Phi) is 5.62. The van der Waals surface area contributed by atoms with E-state index < -0.39 is 0 Å². The number of hydrogen-bond acceptors (Lipinski definition) is 3. The van der Waals surface area contributed by atoms with Crippen molar-refractivity contribution >= 4 is 11.8 Å². The first-order valence-electron chi connectivity index (χ1n) is 10.0. The number of halogens is 1. The molecule has 0 radical (unpaired) electrons. The van der Waals surface area contributed by atoms with Gasteiger partial charge >= 0.3 is 0 Å². The SMILES string of the molecule is CC(=O)N1CCc2ccccc2C1CC(=O)N1CCOC(c2ccc(F)cc2)C1. The van der Waals surface area contributed by atoms with Gasteiger partial charge in [-0.05, 0) is 35.2 Å². The highest BCUT2D eigenvalue weighted by Gasteiger charge is 2.33. The Bertz CT molecular complexity index is 899. The second kappa shape index (κ2) is 8.33. The van der Waals surface area contributed by atoms with E-state index in [0.717, 1.165) is 17.5 Å². The summed E-state index contributed by atoms with van der Waals surface area (Å²) in [5.74, 6) is -0.297. The maximum absolute atomic E-state index is 13.2. The molecule has 152 valence electrons. The van der Waals surface area contributed by atoms with E-state index >= 15 is 0 Å². The summed E-state index contributed by atoms with van der Waals surface area (Å²) in [4.78, 5) is 28.9. The van der Waals surface area contributed by atoms with Crippen LogP contribution in [0, 0.1) is 5.82 Å². The van der Waals surface area contributed by atoms with Crippen molar-refractivity contribution in [2.75, 3.05) is 26.2 Å². The summed E-state index contributed by atoms with van der Waals surface area (Å²) in [5, 5.41) is 0. The highest BCUT2D eigenvalue weighted by molar-refractivity contribution is 5.80. The van der Waals surface area contributed by atoms with E-state index in [0.29, 0.717) is 26.2 Å². The summed E-state index contributed by atoms with van der Waals surface area (Å²) in [6.45, 7) is 3.58. The van der Waals surface area contributed by atoms with Crippen LogP contribution in [0.15, 0.2) is 48.5 Å². The Hall–Kier alpha value is -2.73. The lowest BCUT2D eigenvalue weighted by molar-refractivity contribution is -0.142. The second-order valence-corrected chi connectivity index (χ2v) is 7.63. The number of amides is 2. The summed E-state index contributed by atoms with van der Waals surface area (Å²) in [7, 11) is 0. The van der Waals surface area contributed by atoms with Gasteiger partial charge in [0.05, 0.1) is 25.6 Å². The molecule has 2 heterocycles. The van der Waals surface area contributed by atoms with Gasteiger partial charge in [-0.1, -0.05) is 36.4 Å². The lowest BCUT2D eigenvalue weighted by atomic mass is 9.90. The number of carbonyl (C=O) groups is 2. The van der Waals surface area contributed by atoms with Crippen LogP contribution in [0.25, 0.3) is 0 Å².